The molecule has 106 valence electrons. The van der Waals surface area contributed by atoms with Crippen LogP contribution in [-0.2, 0) is 22.7 Å². The number of non-ortho nitro benzene ring substituents is 1. The number of hydrogen-bond acceptors (Lipinski definition) is 4. The molecule has 10 heteroatoms. The monoisotopic (exact) mass is 299 g/mol. The average molecular weight is 299 g/mol. The Bertz CT molecular complexity index is 596. The Kier molecular flexibility index (Phi) is 4.15. The van der Waals surface area contributed by atoms with E-state index in [4.69, 9.17) is 4.55 Å². The van der Waals surface area contributed by atoms with Crippen molar-refractivity contribution in [2.24, 2.45) is 0 Å². The number of rotatable bonds is 4. The summed E-state index contributed by atoms with van der Waals surface area (Å²) in [6.45, 7) is 0. The van der Waals surface area contributed by atoms with E-state index in [0.29, 0.717) is 12.1 Å². The van der Waals surface area contributed by atoms with Crippen molar-refractivity contribution in [3.8, 4) is 0 Å². The van der Waals surface area contributed by atoms with Crippen LogP contribution in [0.1, 0.15) is 11.1 Å². The summed E-state index contributed by atoms with van der Waals surface area (Å²) in [6, 6.07) is 1.80. The highest BCUT2D eigenvalue weighted by Crippen LogP contribution is 2.32. The lowest BCUT2D eigenvalue weighted by molar-refractivity contribution is -0.385. The van der Waals surface area contributed by atoms with Crippen LogP contribution in [0.3, 0.4) is 0 Å². The predicted octanol–water partition coefficient (Wildman–Crippen LogP) is 2.04. The molecular weight excluding hydrogens is 291 g/mol. The average Bonchev–Trinajstić information content (AvgIpc) is 2.23. The van der Waals surface area contributed by atoms with Crippen LogP contribution in [0.25, 0.3) is 0 Å². The molecule has 0 heterocycles. The van der Waals surface area contributed by atoms with E-state index in [1.54, 1.807) is 0 Å². The van der Waals surface area contributed by atoms with Gasteiger partial charge < -0.3 is 0 Å². The number of nitro benzene ring substituents is 1. The lowest BCUT2D eigenvalue weighted by Crippen LogP contribution is -2.10. The Hall–Kier alpha value is -1.68. The first-order valence-corrected chi connectivity index (χ1v) is 6.41. The van der Waals surface area contributed by atoms with E-state index in [1.807, 2.05) is 0 Å². The Morgan fingerprint density at radius 2 is 1.84 bits per heavy atom. The summed E-state index contributed by atoms with van der Waals surface area (Å²) in [4.78, 5) is 9.50. The molecule has 6 nitrogen and oxygen atoms in total. The zero-order valence-corrected chi connectivity index (χ0v) is 10.0. The van der Waals surface area contributed by atoms with E-state index in [2.05, 4.69) is 0 Å². The first-order valence-electron chi connectivity index (χ1n) is 4.80. The molecule has 0 atom stereocenters. The predicted molar refractivity (Wildman–Crippen MR) is 58.2 cm³/mol. The molecule has 0 fully saturated rings. The topological polar surface area (TPSA) is 97.5 Å². The van der Waals surface area contributed by atoms with E-state index in [9.17, 15) is 31.7 Å². The zero-order valence-electron chi connectivity index (χ0n) is 9.22. The number of benzene rings is 1. The minimum absolute atomic E-state index is 0.195. The largest absolute Gasteiger partial charge is 0.416 e. The van der Waals surface area contributed by atoms with Gasteiger partial charge in [-0.3, -0.25) is 14.7 Å². The van der Waals surface area contributed by atoms with Gasteiger partial charge in [0.2, 0.25) is 0 Å². The van der Waals surface area contributed by atoms with E-state index in [1.165, 1.54) is 0 Å². The summed E-state index contributed by atoms with van der Waals surface area (Å²) in [5.41, 5.74) is -2.23. The van der Waals surface area contributed by atoms with E-state index in [-0.39, 0.29) is 5.56 Å². The molecular formula is C9H8F3NO5S. The highest BCUT2D eigenvalue weighted by atomic mass is 32.2. The van der Waals surface area contributed by atoms with Gasteiger partial charge >= 0.3 is 6.18 Å². The van der Waals surface area contributed by atoms with Crippen LogP contribution < -0.4 is 0 Å². The van der Waals surface area contributed by atoms with Crippen LogP contribution in [0.15, 0.2) is 18.2 Å². The molecule has 0 radical (unpaired) electrons. The van der Waals surface area contributed by atoms with Gasteiger partial charge in [0.1, 0.15) is 0 Å². The highest BCUT2D eigenvalue weighted by Gasteiger charge is 2.32. The van der Waals surface area contributed by atoms with Crippen molar-refractivity contribution in [1.29, 1.82) is 0 Å². The molecule has 1 aromatic rings. The molecule has 1 N–H and O–H groups in total. The quantitative estimate of drug-likeness (QED) is 0.521. The molecule has 0 amide bonds. The van der Waals surface area contributed by atoms with Crippen molar-refractivity contribution in [3.63, 3.8) is 0 Å². The molecule has 0 aliphatic heterocycles. The SMILES string of the molecule is O=[N+]([O-])c1cc(CCS(=O)(=O)O)cc(C(F)(F)F)c1. The molecule has 0 unspecified atom stereocenters. The van der Waals surface area contributed by atoms with Crippen LogP contribution in [0, 0.1) is 10.1 Å². The van der Waals surface area contributed by atoms with E-state index < -0.39 is 44.6 Å². The normalized spacial score (nSPS) is 12.4. The number of aryl methyl sites for hydroxylation is 1. The first-order chi connectivity index (χ1) is 8.49. The fourth-order valence-electron chi connectivity index (χ4n) is 1.33. The maximum atomic E-state index is 12.5. The second-order valence-corrected chi connectivity index (χ2v) is 5.25. The van der Waals surface area contributed by atoms with Crippen LogP contribution in [-0.4, -0.2) is 23.6 Å². The molecule has 0 aromatic heterocycles. The number of hydrogen-bond donors (Lipinski definition) is 1. The van der Waals surface area contributed by atoms with Crippen LogP contribution in [0.4, 0.5) is 18.9 Å². The zero-order chi connectivity index (χ0) is 14.8. The second-order valence-electron chi connectivity index (χ2n) is 3.68. The molecule has 0 saturated heterocycles. The number of alkyl halides is 3. The lowest BCUT2D eigenvalue weighted by Gasteiger charge is -2.08. The van der Waals surface area contributed by atoms with Crippen molar-refractivity contribution in [3.05, 3.63) is 39.4 Å². The summed E-state index contributed by atoms with van der Waals surface area (Å²) >= 11 is 0. The fourth-order valence-corrected chi connectivity index (χ4v) is 1.83. The molecule has 0 aliphatic rings. The van der Waals surface area contributed by atoms with Crippen LogP contribution in [0.5, 0.6) is 0 Å². The van der Waals surface area contributed by atoms with Gasteiger partial charge in [0.25, 0.3) is 15.8 Å². The molecule has 0 bridgehead atoms. The second kappa shape index (κ2) is 5.13. The van der Waals surface area contributed by atoms with Gasteiger partial charge in [0.15, 0.2) is 0 Å². The number of nitro groups is 1. The van der Waals surface area contributed by atoms with Gasteiger partial charge in [-0.25, -0.2) is 0 Å². The van der Waals surface area contributed by atoms with Gasteiger partial charge in [-0.2, -0.15) is 21.6 Å². The Morgan fingerprint density at radius 3 is 2.26 bits per heavy atom. The Labute approximate surface area is 105 Å². The van der Waals surface area contributed by atoms with E-state index >= 15 is 0 Å². The van der Waals surface area contributed by atoms with Crippen molar-refractivity contribution in [2.45, 2.75) is 12.6 Å². The molecule has 1 rings (SSSR count). The minimum atomic E-state index is -4.78. The first kappa shape index (κ1) is 15.4. The maximum absolute atomic E-state index is 12.5. The third kappa shape index (κ3) is 4.83. The molecule has 0 aliphatic carbocycles. The van der Waals surface area contributed by atoms with E-state index in [0.717, 1.165) is 6.07 Å². The fraction of sp³-hybridized carbons (Fsp3) is 0.333. The molecule has 0 spiro atoms. The van der Waals surface area contributed by atoms with Crippen LogP contribution >= 0.6 is 0 Å². The third-order valence-corrected chi connectivity index (χ3v) is 2.88. The van der Waals surface area contributed by atoms with Crippen molar-refractivity contribution in [2.75, 3.05) is 5.75 Å². The summed E-state index contributed by atoms with van der Waals surface area (Å²) in [5.74, 6) is -0.814. The minimum Gasteiger partial charge on any atom is -0.286 e. The van der Waals surface area contributed by atoms with Crippen molar-refractivity contribution in [1.82, 2.24) is 0 Å². The smallest absolute Gasteiger partial charge is 0.286 e. The molecule has 19 heavy (non-hydrogen) atoms. The van der Waals surface area contributed by atoms with Gasteiger partial charge in [0.05, 0.1) is 16.2 Å². The number of nitrogens with zero attached hydrogens (tertiary/aromatic N) is 1. The standard InChI is InChI=1S/C9H8F3NO5S/c10-9(11,12)7-3-6(1-2-19(16,17)18)4-8(5-7)13(14)15/h3-5H,1-2H2,(H,16,17,18). The third-order valence-electron chi connectivity index (χ3n) is 2.16. The highest BCUT2D eigenvalue weighted by molar-refractivity contribution is 7.85. The summed E-state index contributed by atoms with van der Waals surface area (Å²) in [5, 5.41) is 10.5. The maximum Gasteiger partial charge on any atom is 0.416 e. The van der Waals surface area contributed by atoms with Crippen molar-refractivity contribution < 1.29 is 31.1 Å². The number of halogens is 3. The van der Waals surface area contributed by atoms with Gasteiger partial charge in [-0.1, -0.05) is 0 Å². The summed E-state index contributed by atoms with van der Waals surface area (Å²) in [7, 11) is -4.35. The van der Waals surface area contributed by atoms with Crippen molar-refractivity contribution >= 4 is 15.8 Å². The summed E-state index contributed by atoms with van der Waals surface area (Å²) < 4.78 is 67.0. The lowest BCUT2D eigenvalue weighted by atomic mass is 10.1. The Morgan fingerprint density at radius 1 is 1.26 bits per heavy atom. The van der Waals surface area contributed by atoms with Gasteiger partial charge in [-0.15, -0.1) is 0 Å². The van der Waals surface area contributed by atoms with Gasteiger partial charge in [-0.05, 0) is 18.1 Å². The molecule has 0 saturated carbocycles. The summed E-state index contributed by atoms with van der Waals surface area (Å²) in [6.07, 6.45) is -5.23. The Balaban J connectivity index is 3.17. The van der Waals surface area contributed by atoms with Gasteiger partial charge in [0, 0.05) is 12.1 Å². The van der Waals surface area contributed by atoms with Crippen LogP contribution in [0.2, 0.25) is 0 Å². The molecule has 1 aromatic carbocycles.